The highest BCUT2D eigenvalue weighted by Crippen LogP contribution is 2.29. The molecular weight excluding hydrogens is 224 g/mol. The van der Waals surface area contributed by atoms with Crippen LogP contribution in [0.25, 0.3) is 0 Å². The molecule has 0 aliphatic carbocycles. The lowest BCUT2D eigenvalue weighted by atomic mass is 9.99. The molecule has 0 saturated carbocycles. The van der Waals surface area contributed by atoms with Crippen LogP contribution in [-0.4, -0.2) is 23.5 Å². The van der Waals surface area contributed by atoms with E-state index < -0.39 is 0 Å². The Bertz CT molecular complexity index is 348. The molecule has 3 atom stereocenters. The third-order valence-electron chi connectivity index (χ3n) is 3.81. The minimum Gasteiger partial charge on any atom is -0.465 e. The number of hydrogen-bond donors (Lipinski definition) is 1. The number of furan rings is 1. The van der Waals surface area contributed by atoms with Gasteiger partial charge in [-0.3, -0.25) is 4.90 Å². The fourth-order valence-electron chi connectivity index (χ4n) is 2.47. The van der Waals surface area contributed by atoms with E-state index in [1.165, 1.54) is 0 Å². The zero-order valence-electron chi connectivity index (χ0n) is 12.4. The van der Waals surface area contributed by atoms with Crippen molar-refractivity contribution in [3.63, 3.8) is 0 Å². The molecule has 0 aliphatic rings. The summed E-state index contributed by atoms with van der Waals surface area (Å²) in [7, 11) is 0. The monoisotopic (exact) mass is 252 g/mol. The van der Waals surface area contributed by atoms with Gasteiger partial charge < -0.3 is 10.2 Å². The molecule has 104 valence electrons. The molecule has 2 N–H and O–H groups in total. The molecule has 0 aromatic carbocycles. The zero-order chi connectivity index (χ0) is 13.7. The van der Waals surface area contributed by atoms with Crippen LogP contribution >= 0.6 is 0 Å². The van der Waals surface area contributed by atoms with Crippen LogP contribution in [0.15, 0.2) is 16.5 Å². The van der Waals surface area contributed by atoms with E-state index in [1.54, 1.807) is 0 Å². The lowest BCUT2D eigenvalue weighted by Gasteiger charge is -2.37. The Morgan fingerprint density at radius 3 is 2.28 bits per heavy atom. The van der Waals surface area contributed by atoms with Crippen molar-refractivity contribution in [3.05, 3.63) is 23.7 Å². The van der Waals surface area contributed by atoms with Crippen LogP contribution in [0, 0.1) is 6.92 Å². The average Bonchev–Trinajstić information content (AvgIpc) is 2.80. The Hall–Kier alpha value is -0.800. The summed E-state index contributed by atoms with van der Waals surface area (Å²) in [5.74, 6) is 1.96. The van der Waals surface area contributed by atoms with Crippen LogP contribution in [-0.2, 0) is 0 Å². The molecule has 0 fully saturated rings. The highest BCUT2D eigenvalue weighted by Gasteiger charge is 2.29. The number of likely N-dealkylation sites (N-methyl/N-ethyl adjacent to an activating group) is 1. The van der Waals surface area contributed by atoms with Gasteiger partial charge in [0.1, 0.15) is 11.5 Å². The Morgan fingerprint density at radius 2 is 1.89 bits per heavy atom. The largest absolute Gasteiger partial charge is 0.465 e. The zero-order valence-corrected chi connectivity index (χ0v) is 12.4. The Balaban J connectivity index is 3.03. The molecule has 1 heterocycles. The van der Waals surface area contributed by atoms with Crippen molar-refractivity contribution in [2.75, 3.05) is 6.54 Å². The van der Waals surface area contributed by atoms with E-state index >= 15 is 0 Å². The van der Waals surface area contributed by atoms with Crippen molar-refractivity contribution >= 4 is 0 Å². The second kappa shape index (κ2) is 6.95. The molecule has 0 radical (unpaired) electrons. The van der Waals surface area contributed by atoms with Crippen molar-refractivity contribution in [1.29, 1.82) is 0 Å². The molecule has 0 amide bonds. The number of nitrogens with zero attached hydrogens (tertiary/aromatic N) is 1. The first kappa shape index (κ1) is 15.3. The molecule has 1 aromatic heterocycles. The van der Waals surface area contributed by atoms with Crippen LogP contribution < -0.4 is 5.73 Å². The normalized spacial score (nSPS) is 16.8. The fraction of sp³-hybridized carbons (Fsp3) is 0.733. The predicted molar refractivity (Wildman–Crippen MR) is 76.6 cm³/mol. The van der Waals surface area contributed by atoms with Gasteiger partial charge in [-0.2, -0.15) is 0 Å². The highest BCUT2D eigenvalue weighted by molar-refractivity contribution is 5.12. The van der Waals surface area contributed by atoms with Crippen molar-refractivity contribution in [2.24, 2.45) is 5.73 Å². The van der Waals surface area contributed by atoms with E-state index in [0.717, 1.165) is 30.9 Å². The van der Waals surface area contributed by atoms with Gasteiger partial charge in [0.05, 0.1) is 6.04 Å². The maximum Gasteiger partial charge on any atom is 0.122 e. The van der Waals surface area contributed by atoms with Gasteiger partial charge in [-0.15, -0.1) is 0 Å². The summed E-state index contributed by atoms with van der Waals surface area (Å²) in [5, 5.41) is 0. The molecule has 3 nitrogen and oxygen atoms in total. The predicted octanol–water partition coefficient (Wildman–Crippen LogP) is 3.49. The standard InChI is InChI=1S/C15H28N2O/c1-6-11(4)17(8-3)15(13(16)7-2)14-10-9-12(5)18-14/h9-11,13,15H,6-8,16H2,1-5H3. The van der Waals surface area contributed by atoms with Gasteiger partial charge in [-0.1, -0.05) is 20.8 Å². The van der Waals surface area contributed by atoms with E-state index in [-0.39, 0.29) is 12.1 Å². The van der Waals surface area contributed by atoms with E-state index in [9.17, 15) is 0 Å². The fourth-order valence-corrected chi connectivity index (χ4v) is 2.47. The van der Waals surface area contributed by atoms with Gasteiger partial charge in [0.15, 0.2) is 0 Å². The Morgan fingerprint density at radius 1 is 1.22 bits per heavy atom. The minimum absolute atomic E-state index is 0.115. The molecule has 1 rings (SSSR count). The number of rotatable bonds is 7. The molecule has 0 bridgehead atoms. The summed E-state index contributed by atoms with van der Waals surface area (Å²) >= 11 is 0. The summed E-state index contributed by atoms with van der Waals surface area (Å²) in [6, 6.07) is 4.91. The first-order valence-corrected chi connectivity index (χ1v) is 7.12. The third-order valence-corrected chi connectivity index (χ3v) is 3.81. The SMILES string of the molecule is CCC(N)C(c1ccc(C)o1)N(CC)C(C)CC. The van der Waals surface area contributed by atoms with Gasteiger partial charge in [-0.25, -0.2) is 0 Å². The second-order valence-corrected chi connectivity index (χ2v) is 5.05. The van der Waals surface area contributed by atoms with Gasteiger partial charge in [-0.05, 0) is 45.4 Å². The summed E-state index contributed by atoms with van der Waals surface area (Å²) in [6.07, 6.45) is 2.08. The number of hydrogen-bond acceptors (Lipinski definition) is 3. The summed E-state index contributed by atoms with van der Waals surface area (Å²) < 4.78 is 5.82. The number of aryl methyl sites for hydroxylation is 1. The topological polar surface area (TPSA) is 42.4 Å². The second-order valence-electron chi connectivity index (χ2n) is 5.05. The molecule has 0 aliphatic heterocycles. The van der Waals surface area contributed by atoms with E-state index in [4.69, 9.17) is 10.2 Å². The first-order valence-electron chi connectivity index (χ1n) is 7.12. The molecule has 18 heavy (non-hydrogen) atoms. The molecule has 0 spiro atoms. The maximum absolute atomic E-state index is 6.33. The molecule has 1 aromatic rings. The summed E-state index contributed by atoms with van der Waals surface area (Å²) in [6.45, 7) is 11.8. The van der Waals surface area contributed by atoms with Crippen molar-refractivity contribution in [2.45, 2.75) is 65.6 Å². The van der Waals surface area contributed by atoms with E-state index in [1.807, 2.05) is 13.0 Å². The van der Waals surface area contributed by atoms with Crippen molar-refractivity contribution < 1.29 is 4.42 Å². The summed E-state index contributed by atoms with van der Waals surface area (Å²) in [5.41, 5.74) is 6.33. The smallest absolute Gasteiger partial charge is 0.122 e. The van der Waals surface area contributed by atoms with E-state index in [2.05, 4.69) is 38.7 Å². The Kier molecular flexibility index (Phi) is 5.89. The Labute approximate surface area is 111 Å². The third kappa shape index (κ3) is 3.36. The molecule has 0 saturated heterocycles. The lowest BCUT2D eigenvalue weighted by Crippen LogP contribution is -2.44. The van der Waals surface area contributed by atoms with Crippen molar-refractivity contribution in [3.8, 4) is 0 Å². The minimum atomic E-state index is 0.115. The molecule has 3 heteroatoms. The van der Waals surface area contributed by atoms with Gasteiger partial charge in [0, 0.05) is 12.1 Å². The van der Waals surface area contributed by atoms with Crippen LogP contribution in [0.5, 0.6) is 0 Å². The molecule has 3 unspecified atom stereocenters. The van der Waals surface area contributed by atoms with Crippen molar-refractivity contribution in [1.82, 2.24) is 4.90 Å². The average molecular weight is 252 g/mol. The quantitative estimate of drug-likeness (QED) is 0.807. The van der Waals surface area contributed by atoms with Gasteiger partial charge in [0.25, 0.3) is 0 Å². The van der Waals surface area contributed by atoms with E-state index in [0.29, 0.717) is 6.04 Å². The highest BCUT2D eigenvalue weighted by atomic mass is 16.3. The number of nitrogens with two attached hydrogens (primary N) is 1. The summed E-state index contributed by atoms with van der Waals surface area (Å²) in [4.78, 5) is 2.45. The first-order chi connectivity index (χ1) is 8.54. The lowest BCUT2D eigenvalue weighted by molar-refractivity contribution is 0.108. The maximum atomic E-state index is 6.33. The molecular formula is C15H28N2O. The van der Waals surface area contributed by atoms with Crippen LogP contribution in [0.1, 0.15) is 58.1 Å². The van der Waals surface area contributed by atoms with Crippen LogP contribution in [0.2, 0.25) is 0 Å². The van der Waals surface area contributed by atoms with Gasteiger partial charge >= 0.3 is 0 Å². The van der Waals surface area contributed by atoms with Crippen LogP contribution in [0.3, 0.4) is 0 Å². The van der Waals surface area contributed by atoms with Gasteiger partial charge in [0.2, 0.25) is 0 Å². The van der Waals surface area contributed by atoms with Crippen LogP contribution in [0.4, 0.5) is 0 Å².